The third-order valence-corrected chi connectivity index (χ3v) is 12.8. The van der Waals surface area contributed by atoms with Crippen molar-refractivity contribution >= 4 is 0 Å². The summed E-state index contributed by atoms with van der Waals surface area (Å²) < 4.78 is 0. The van der Waals surface area contributed by atoms with Crippen LogP contribution in [-0.2, 0) is 5.41 Å². The maximum atomic E-state index is 9.97. The fourth-order valence-corrected chi connectivity index (χ4v) is 9.90. The summed E-state index contributed by atoms with van der Waals surface area (Å²) in [6, 6.07) is 79.3. The molecule has 0 N–H and O–H groups in total. The molecule has 0 atom stereocenters. The second-order valence-corrected chi connectivity index (χ2v) is 16.3. The molecule has 1 heterocycles. The highest BCUT2D eigenvalue weighted by Crippen LogP contribution is 2.63. The quantitative estimate of drug-likeness (QED) is 0.168. The fourth-order valence-electron chi connectivity index (χ4n) is 9.90. The highest BCUT2D eigenvalue weighted by atomic mass is 15.0. The highest BCUT2D eigenvalue weighted by molar-refractivity contribution is 5.96. The van der Waals surface area contributed by atoms with Gasteiger partial charge in [0.1, 0.15) is 0 Å². The van der Waals surface area contributed by atoms with Crippen molar-refractivity contribution in [2.24, 2.45) is 0 Å². The van der Waals surface area contributed by atoms with E-state index < -0.39 is 5.41 Å². The fraction of sp³-hybridized carbons (Fsp3) is 0.0169. The molecule has 0 amide bonds. The monoisotopic (exact) mass is 800 g/mol. The second-order valence-electron chi connectivity index (χ2n) is 16.3. The molecule has 0 unspecified atom stereocenters. The van der Waals surface area contributed by atoms with Crippen LogP contribution in [0.5, 0.6) is 0 Å². The molecule has 63 heavy (non-hydrogen) atoms. The number of rotatable bonds is 6. The lowest BCUT2D eigenvalue weighted by Gasteiger charge is -2.30. The van der Waals surface area contributed by atoms with Gasteiger partial charge in [-0.2, -0.15) is 5.26 Å². The molecule has 10 aromatic rings. The first kappa shape index (κ1) is 36.3. The van der Waals surface area contributed by atoms with Gasteiger partial charge in [0.05, 0.1) is 17.0 Å². The third kappa shape index (κ3) is 5.86. The molecule has 0 radical (unpaired) electrons. The van der Waals surface area contributed by atoms with Gasteiger partial charge in [0, 0.05) is 16.7 Å². The number of benzene rings is 9. The first-order valence-corrected chi connectivity index (χ1v) is 21.2. The van der Waals surface area contributed by atoms with Gasteiger partial charge in [-0.05, 0) is 108 Å². The largest absolute Gasteiger partial charge is 0.208 e. The molecular weight excluding hydrogens is 765 g/mol. The number of aromatic nitrogens is 3. The van der Waals surface area contributed by atoms with Crippen molar-refractivity contribution in [1.82, 2.24) is 15.0 Å². The Kier molecular flexibility index (Phi) is 8.42. The van der Waals surface area contributed by atoms with Crippen molar-refractivity contribution in [3.05, 3.63) is 246 Å². The summed E-state index contributed by atoms with van der Waals surface area (Å²) in [6.45, 7) is 0. The van der Waals surface area contributed by atoms with Crippen molar-refractivity contribution in [2.45, 2.75) is 5.41 Å². The predicted octanol–water partition coefficient (Wildman–Crippen LogP) is 14.1. The van der Waals surface area contributed by atoms with Gasteiger partial charge in [0.2, 0.25) is 0 Å². The smallest absolute Gasteiger partial charge is 0.164 e. The van der Waals surface area contributed by atoms with Crippen LogP contribution < -0.4 is 0 Å². The average Bonchev–Trinajstić information content (AvgIpc) is 3.83. The Morgan fingerprint density at radius 3 is 1.33 bits per heavy atom. The van der Waals surface area contributed by atoms with Crippen LogP contribution in [0.2, 0.25) is 0 Å². The third-order valence-electron chi connectivity index (χ3n) is 12.8. The Bertz CT molecular complexity index is 3410. The zero-order valence-electron chi connectivity index (χ0n) is 34.1. The Balaban J connectivity index is 0.926. The SMILES string of the molecule is N#Cc1ccc2c(c1)-c1ccc(-c3cccc(-c4ccc(-c5nc(-c6ccccc6)nc(-c6cccc(-c7ccccc7)c6)n5)cc4)c3)cc1C21c2ccccc2-c2ccccc21. The topological polar surface area (TPSA) is 62.5 Å². The zero-order valence-corrected chi connectivity index (χ0v) is 34.1. The minimum Gasteiger partial charge on any atom is -0.208 e. The molecule has 2 aliphatic carbocycles. The van der Waals surface area contributed by atoms with Crippen LogP contribution in [0.3, 0.4) is 0 Å². The van der Waals surface area contributed by atoms with Crippen LogP contribution >= 0.6 is 0 Å². The van der Waals surface area contributed by atoms with Gasteiger partial charge in [0.15, 0.2) is 17.5 Å². The molecule has 2 aliphatic rings. The minimum absolute atomic E-state index is 0.491. The van der Waals surface area contributed by atoms with Crippen molar-refractivity contribution in [2.75, 3.05) is 0 Å². The van der Waals surface area contributed by atoms with Crippen LogP contribution in [0.25, 0.3) is 89.8 Å². The van der Waals surface area contributed by atoms with E-state index in [0.29, 0.717) is 23.0 Å². The number of fused-ring (bicyclic) bond motifs is 10. The van der Waals surface area contributed by atoms with E-state index in [0.717, 1.165) is 55.6 Å². The van der Waals surface area contributed by atoms with E-state index in [-0.39, 0.29) is 0 Å². The highest BCUT2D eigenvalue weighted by Gasteiger charge is 2.51. The number of nitriles is 1. The van der Waals surface area contributed by atoms with Crippen molar-refractivity contribution in [3.63, 3.8) is 0 Å². The van der Waals surface area contributed by atoms with E-state index >= 15 is 0 Å². The van der Waals surface area contributed by atoms with Gasteiger partial charge in [-0.25, -0.2) is 15.0 Å². The molecule has 0 fully saturated rings. The molecule has 9 aromatic carbocycles. The summed E-state index contributed by atoms with van der Waals surface area (Å²) in [7, 11) is 0. The lowest BCUT2D eigenvalue weighted by Crippen LogP contribution is -2.25. The molecule has 0 bridgehead atoms. The van der Waals surface area contributed by atoms with Crippen LogP contribution in [0, 0.1) is 11.3 Å². The predicted molar refractivity (Wildman–Crippen MR) is 253 cm³/mol. The Hall–Kier alpha value is -8.52. The molecule has 0 saturated carbocycles. The van der Waals surface area contributed by atoms with E-state index in [4.69, 9.17) is 15.0 Å². The molecular formula is C59H36N4. The summed E-state index contributed by atoms with van der Waals surface area (Å²) >= 11 is 0. The lowest BCUT2D eigenvalue weighted by molar-refractivity contribution is 0.794. The Morgan fingerprint density at radius 1 is 0.286 bits per heavy atom. The van der Waals surface area contributed by atoms with Crippen molar-refractivity contribution in [1.29, 1.82) is 5.26 Å². The van der Waals surface area contributed by atoms with E-state index in [9.17, 15) is 5.26 Å². The van der Waals surface area contributed by atoms with Crippen LogP contribution in [0.4, 0.5) is 0 Å². The maximum absolute atomic E-state index is 9.97. The molecule has 0 saturated heterocycles. The first-order valence-electron chi connectivity index (χ1n) is 21.2. The summed E-state index contributed by atoms with van der Waals surface area (Å²) in [6.07, 6.45) is 0. The Labute approximate surface area is 366 Å². The van der Waals surface area contributed by atoms with Crippen LogP contribution in [-0.4, -0.2) is 15.0 Å². The van der Waals surface area contributed by atoms with E-state index in [1.165, 1.54) is 38.9 Å². The zero-order chi connectivity index (χ0) is 41.9. The summed E-state index contributed by atoms with van der Waals surface area (Å²) in [5.74, 6) is 1.88. The minimum atomic E-state index is -0.491. The number of hydrogen-bond acceptors (Lipinski definition) is 4. The molecule has 0 aliphatic heterocycles. The number of nitrogens with zero attached hydrogens (tertiary/aromatic N) is 4. The van der Waals surface area contributed by atoms with E-state index in [2.05, 4.69) is 182 Å². The summed E-state index contributed by atoms with van der Waals surface area (Å²) in [5.41, 5.74) is 19.5. The molecule has 1 aromatic heterocycles. The molecule has 12 rings (SSSR count). The van der Waals surface area contributed by atoms with Gasteiger partial charge < -0.3 is 0 Å². The van der Waals surface area contributed by atoms with Gasteiger partial charge in [0.25, 0.3) is 0 Å². The normalized spacial score (nSPS) is 12.6. The van der Waals surface area contributed by atoms with Gasteiger partial charge >= 0.3 is 0 Å². The maximum Gasteiger partial charge on any atom is 0.164 e. The lowest BCUT2D eigenvalue weighted by atomic mass is 9.70. The average molecular weight is 801 g/mol. The molecule has 292 valence electrons. The Morgan fingerprint density at radius 2 is 0.698 bits per heavy atom. The second kappa shape index (κ2) is 14.6. The van der Waals surface area contributed by atoms with Gasteiger partial charge in [-0.1, -0.05) is 188 Å². The van der Waals surface area contributed by atoms with Crippen molar-refractivity contribution in [3.8, 4) is 95.9 Å². The molecule has 4 nitrogen and oxygen atoms in total. The van der Waals surface area contributed by atoms with E-state index in [1.807, 2.05) is 42.5 Å². The van der Waals surface area contributed by atoms with Crippen LogP contribution in [0.15, 0.2) is 218 Å². The number of hydrogen-bond donors (Lipinski definition) is 0. The molecule has 1 spiro atoms. The van der Waals surface area contributed by atoms with Crippen LogP contribution in [0.1, 0.15) is 27.8 Å². The standard InChI is InChI=1S/C59H36N4/c60-37-38-25-32-54-51(33-38)50-31-30-46(36-55(50)59(54)52-23-9-7-21-48(52)49-22-8-10-24-53(49)59)45-19-11-17-43(34-45)40-26-28-42(29-27-40)57-61-56(41-15-5-2-6-16-41)62-58(63-57)47-20-12-18-44(35-47)39-13-3-1-4-14-39/h1-36H. The summed E-state index contributed by atoms with van der Waals surface area (Å²) in [5, 5.41) is 9.97. The van der Waals surface area contributed by atoms with E-state index in [1.54, 1.807) is 0 Å². The van der Waals surface area contributed by atoms with Gasteiger partial charge in [-0.3, -0.25) is 0 Å². The van der Waals surface area contributed by atoms with Gasteiger partial charge in [-0.15, -0.1) is 0 Å². The van der Waals surface area contributed by atoms with Crippen molar-refractivity contribution < 1.29 is 0 Å². The first-order chi connectivity index (χ1) is 31.2. The molecule has 4 heteroatoms. The summed E-state index contributed by atoms with van der Waals surface area (Å²) in [4.78, 5) is 15.1.